The van der Waals surface area contributed by atoms with Crippen LogP contribution < -0.4 is 15.0 Å². The predicted molar refractivity (Wildman–Crippen MR) is 93.3 cm³/mol. The van der Waals surface area contributed by atoms with Gasteiger partial charge in [0.15, 0.2) is 0 Å². The number of amides is 2. The van der Waals surface area contributed by atoms with Gasteiger partial charge in [-0.1, -0.05) is 17.7 Å². The van der Waals surface area contributed by atoms with E-state index in [4.69, 9.17) is 4.74 Å². The Kier molecular flexibility index (Phi) is 4.51. The third kappa shape index (κ3) is 3.40. The lowest BCUT2D eigenvalue weighted by Gasteiger charge is -2.17. The summed E-state index contributed by atoms with van der Waals surface area (Å²) < 4.78 is 5.13. The number of carbonyl (C=O) groups excluding carboxylic acids is 2. The van der Waals surface area contributed by atoms with Crippen LogP contribution in [0.2, 0.25) is 0 Å². The summed E-state index contributed by atoms with van der Waals surface area (Å²) >= 11 is 0. The van der Waals surface area contributed by atoms with E-state index in [1.807, 2.05) is 55.5 Å². The van der Waals surface area contributed by atoms with E-state index in [2.05, 4.69) is 5.32 Å². The summed E-state index contributed by atoms with van der Waals surface area (Å²) in [7, 11) is 1.60. The summed E-state index contributed by atoms with van der Waals surface area (Å²) in [4.78, 5) is 26.3. The molecule has 0 radical (unpaired) electrons. The number of ether oxygens (including phenoxy) is 1. The van der Waals surface area contributed by atoms with E-state index in [0.717, 1.165) is 22.7 Å². The Labute approximate surface area is 141 Å². The molecule has 5 nitrogen and oxygen atoms in total. The van der Waals surface area contributed by atoms with E-state index in [0.29, 0.717) is 6.54 Å². The van der Waals surface area contributed by atoms with Crippen molar-refractivity contribution in [2.75, 3.05) is 23.9 Å². The molecule has 2 aromatic rings. The van der Waals surface area contributed by atoms with Gasteiger partial charge >= 0.3 is 0 Å². The summed E-state index contributed by atoms with van der Waals surface area (Å²) in [5.74, 6) is 0.229. The number of hydrogen-bond acceptors (Lipinski definition) is 3. The number of nitrogens with zero attached hydrogens (tertiary/aromatic N) is 1. The van der Waals surface area contributed by atoms with Gasteiger partial charge in [-0.05, 0) is 43.3 Å². The lowest BCUT2D eigenvalue weighted by molar-refractivity contribution is -0.122. The minimum Gasteiger partial charge on any atom is -0.497 e. The van der Waals surface area contributed by atoms with Crippen LogP contribution in [-0.4, -0.2) is 25.5 Å². The van der Waals surface area contributed by atoms with Gasteiger partial charge in [-0.25, -0.2) is 0 Å². The van der Waals surface area contributed by atoms with E-state index in [9.17, 15) is 9.59 Å². The van der Waals surface area contributed by atoms with Crippen molar-refractivity contribution in [3.05, 3.63) is 54.1 Å². The molecule has 124 valence electrons. The molecule has 1 aliphatic heterocycles. The predicted octanol–water partition coefficient (Wildman–Crippen LogP) is 3.00. The molecule has 0 unspecified atom stereocenters. The Morgan fingerprint density at radius 3 is 2.42 bits per heavy atom. The van der Waals surface area contributed by atoms with Gasteiger partial charge < -0.3 is 15.0 Å². The largest absolute Gasteiger partial charge is 0.497 e. The van der Waals surface area contributed by atoms with Gasteiger partial charge in [-0.3, -0.25) is 9.59 Å². The first-order chi connectivity index (χ1) is 11.6. The molecule has 0 saturated carbocycles. The zero-order valence-electron chi connectivity index (χ0n) is 13.8. The molecule has 24 heavy (non-hydrogen) atoms. The SMILES string of the molecule is COc1ccc(N2C[C@H](C(=O)Nc3ccc(C)cc3)CC2=O)cc1. The molecule has 0 bridgehead atoms. The van der Waals surface area contributed by atoms with Crippen molar-refractivity contribution >= 4 is 23.2 Å². The summed E-state index contributed by atoms with van der Waals surface area (Å²) in [6, 6.07) is 14.9. The Bertz CT molecular complexity index is 738. The van der Waals surface area contributed by atoms with Gasteiger partial charge in [0.1, 0.15) is 5.75 Å². The maximum absolute atomic E-state index is 12.4. The van der Waals surface area contributed by atoms with Crippen molar-refractivity contribution in [2.24, 2.45) is 5.92 Å². The maximum Gasteiger partial charge on any atom is 0.229 e. The molecule has 0 aliphatic carbocycles. The molecular formula is C19H20N2O3. The van der Waals surface area contributed by atoms with Crippen molar-refractivity contribution in [3.8, 4) is 5.75 Å². The van der Waals surface area contributed by atoms with Gasteiger partial charge in [0.25, 0.3) is 0 Å². The highest BCUT2D eigenvalue weighted by Crippen LogP contribution is 2.27. The summed E-state index contributed by atoms with van der Waals surface area (Å²) in [5, 5.41) is 2.88. The van der Waals surface area contributed by atoms with E-state index < -0.39 is 0 Å². The second-order valence-corrected chi connectivity index (χ2v) is 5.96. The topological polar surface area (TPSA) is 58.6 Å². The number of hydrogen-bond donors (Lipinski definition) is 1. The van der Waals surface area contributed by atoms with Crippen LogP contribution in [0, 0.1) is 12.8 Å². The van der Waals surface area contributed by atoms with Crippen molar-refractivity contribution in [2.45, 2.75) is 13.3 Å². The quantitative estimate of drug-likeness (QED) is 0.940. The first-order valence-corrected chi connectivity index (χ1v) is 7.89. The van der Waals surface area contributed by atoms with Crippen LogP contribution in [0.1, 0.15) is 12.0 Å². The number of aryl methyl sites for hydroxylation is 1. The zero-order chi connectivity index (χ0) is 17.1. The molecule has 1 fully saturated rings. The number of rotatable bonds is 4. The smallest absolute Gasteiger partial charge is 0.229 e. The number of methoxy groups -OCH3 is 1. The summed E-state index contributed by atoms with van der Waals surface area (Å²) in [6.45, 7) is 2.39. The average Bonchev–Trinajstić information content (AvgIpc) is 2.99. The van der Waals surface area contributed by atoms with Crippen molar-refractivity contribution in [1.29, 1.82) is 0 Å². The van der Waals surface area contributed by atoms with Gasteiger partial charge in [0.2, 0.25) is 11.8 Å². The average molecular weight is 324 g/mol. The summed E-state index contributed by atoms with van der Waals surface area (Å²) in [5.41, 5.74) is 2.67. The van der Waals surface area contributed by atoms with Crippen LogP contribution in [-0.2, 0) is 9.59 Å². The van der Waals surface area contributed by atoms with E-state index in [1.165, 1.54) is 0 Å². The maximum atomic E-state index is 12.4. The highest BCUT2D eigenvalue weighted by Gasteiger charge is 2.35. The van der Waals surface area contributed by atoms with Gasteiger partial charge in [-0.2, -0.15) is 0 Å². The highest BCUT2D eigenvalue weighted by atomic mass is 16.5. The Balaban J connectivity index is 1.67. The normalized spacial score (nSPS) is 17.0. The molecule has 1 saturated heterocycles. The molecule has 0 aromatic heterocycles. The summed E-state index contributed by atoms with van der Waals surface area (Å²) in [6.07, 6.45) is 0.226. The minimum atomic E-state index is -0.346. The molecule has 1 N–H and O–H groups in total. The van der Waals surface area contributed by atoms with Crippen molar-refractivity contribution < 1.29 is 14.3 Å². The number of anilines is 2. The lowest BCUT2D eigenvalue weighted by Crippen LogP contribution is -2.28. The van der Waals surface area contributed by atoms with E-state index in [1.54, 1.807) is 12.0 Å². The van der Waals surface area contributed by atoms with Crippen LogP contribution in [0.5, 0.6) is 5.75 Å². The fraction of sp³-hybridized carbons (Fsp3) is 0.263. The third-order valence-corrected chi connectivity index (χ3v) is 4.20. The van der Waals surface area contributed by atoms with E-state index >= 15 is 0 Å². The fourth-order valence-corrected chi connectivity index (χ4v) is 2.78. The number of benzene rings is 2. The van der Waals surface area contributed by atoms with Gasteiger partial charge in [0.05, 0.1) is 13.0 Å². The lowest BCUT2D eigenvalue weighted by atomic mass is 10.1. The van der Waals surface area contributed by atoms with Crippen LogP contribution in [0.15, 0.2) is 48.5 Å². The molecule has 2 amide bonds. The standard InChI is InChI=1S/C19H20N2O3/c1-13-3-5-15(6-4-13)20-19(23)14-11-18(22)21(12-14)16-7-9-17(24-2)10-8-16/h3-10,14H,11-12H2,1-2H3,(H,20,23)/t14-/m1/s1. The zero-order valence-corrected chi connectivity index (χ0v) is 13.8. The molecule has 1 aliphatic rings. The molecule has 1 heterocycles. The van der Waals surface area contributed by atoms with Crippen LogP contribution in [0.4, 0.5) is 11.4 Å². The number of nitrogens with one attached hydrogen (secondary N) is 1. The molecule has 3 rings (SSSR count). The Hall–Kier alpha value is -2.82. The monoisotopic (exact) mass is 324 g/mol. The van der Waals surface area contributed by atoms with Crippen molar-refractivity contribution in [3.63, 3.8) is 0 Å². The van der Waals surface area contributed by atoms with Gasteiger partial charge in [0, 0.05) is 24.3 Å². The second kappa shape index (κ2) is 6.74. The first-order valence-electron chi connectivity index (χ1n) is 7.89. The Morgan fingerprint density at radius 1 is 1.12 bits per heavy atom. The minimum absolute atomic E-state index is 0.0378. The van der Waals surface area contributed by atoms with Crippen LogP contribution in [0.3, 0.4) is 0 Å². The van der Waals surface area contributed by atoms with Crippen LogP contribution in [0.25, 0.3) is 0 Å². The van der Waals surface area contributed by atoms with E-state index in [-0.39, 0.29) is 24.2 Å². The fourth-order valence-electron chi connectivity index (χ4n) is 2.78. The molecule has 5 heteroatoms. The molecular weight excluding hydrogens is 304 g/mol. The number of carbonyl (C=O) groups is 2. The molecule has 0 spiro atoms. The van der Waals surface area contributed by atoms with Crippen molar-refractivity contribution in [1.82, 2.24) is 0 Å². The Morgan fingerprint density at radius 2 is 1.79 bits per heavy atom. The van der Waals surface area contributed by atoms with Crippen LogP contribution >= 0.6 is 0 Å². The third-order valence-electron chi connectivity index (χ3n) is 4.20. The van der Waals surface area contributed by atoms with Gasteiger partial charge in [-0.15, -0.1) is 0 Å². The molecule has 2 aromatic carbocycles. The molecule has 1 atom stereocenters. The highest BCUT2D eigenvalue weighted by molar-refractivity contribution is 6.03. The first kappa shape index (κ1) is 16.1. The second-order valence-electron chi connectivity index (χ2n) is 5.96.